The van der Waals surface area contributed by atoms with Gasteiger partial charge in [0.15, 0.2) is 0 Å². The summed E-state index contributed by atoms with van der Waals surface area (Å²) in [5.41, 5.74) is -0.304. The van der Waals surface area contributed by atoms with E-state index < -0.39 is 15.5 Å². The largest absolute Gasteiger partial charge is 0.516 e. The average Bonchev–Trinajstić information content (AvgIpc) is 3.13. The summed E-state index contributed by atoms with van der Waals surface area (Å²) in [6.45, 7) is 4.78. The van der Waals surface area contributed by atoms with E-state index in [-0.39, 0.29) is 5.69 Å². The van der Waals surface area contributed by atoms with E-state index in [9.17, 15) is 21.6 Å². The molecule has 4 rings (SSSR count). The van der Waals surface area contributed by atoms with E-state index in [2.05, 4.69) is 29.5 Å². The summed E-state index contributed by atoms with van der Waals surface area (Å²) in [6, 6.07) is 17.5. The number of para-hydroxylation sites is 1. The maximum atomic E-state index is 12.9. The second kappa shape index (κ2) is 9.13. The summed E-state index contributed by atoms with van der Waals surface area (Å²) in [4.78, 5) is 4.58. The van der Waals surface area contributed by atoms with Gasteiger partial charge >= 0.3 is 15.5 Å². The van der Waals surface area contributed by atoms with Crippen LogP contribution in [-0.4, -0.2) is 23.5 Å². The van der Waals surface area contributed by atoms with Gasteiger partial charge in [-0.1, -0.05) is 55.8 Å². The minimum Gasteiger partial charge on any atom is -0.325 e. The Morgan fingerprint density at radius 3 is 2.41 bits per heavy atom. The lowest BCUT2D eigenvalue weighted by Crippen LogP contribution is -2.30. The number of halogens is 3. The van der Waals surface area contributed by atoms with Gasteiger partial charge in [-0.25, -0.2) is 4.98 Å². The first kappa shape index (κ1) is 23.8. The lowest BCUT2D eigenvalue weighted by Gasteiger charge is -2.15. The first-order valence-electron chi connectivity index (χ1n) is 10.8. The number of hydrogen-bond donors (Lipinski definition) is 1. The van der Waals surface area contributed by atoms with E-state index in [1.54, 1.807) is 35.2 Å². The number of anilines is 1. The van der Waals surface area contributed by atoms with Crippen molar-refractivity contribution in [3.05, 3.63) is 83.7 Å². The number of aromatic nitrogens is 2. The van der Waals surface area contributed by atoms with Crippen molar-refractivity contribution >= 4 is 26.7 Å². The van der Waals surface area contributed by atoms with Gasteiger partial charge in [0, 0.05) is 29.4 Å². The number of rotatable bonds is 7. The number of fused-ring (bicyclic) bond motifs is 1. The van der Waals surface area contributed by atoms with E-state index in [4.69, 9.17) is 0 Å². The van der Waals surface area contributed by atoms with Crippen molar-refractivity contribution in [2.24, 2.45) is 0 Å². The molecule has 0 aliphatic rings. The van der Waals surface area contributed by atoms with Crippen LogP contribution in [-0.2, 0) is 23.0 Å². The Bertz CT molecular complexity index is 1430. The van der Waals surface area contributed by atoms with Crippen molar-refractivity contribution in [3.8, 4) is 11.1 Å². The average molecular weight is 488 g/mol. The molecule has 2 heterocycles. The molecule has 2 aromatic heterocycles. The zero-order valence-electron chi connectivity index (χ0n) is 18.7. The number of hydrogen-bond acceptors (Lipinski definition) is 3. The molecule has 0 aliphatic heterocycles. The van der Waals surface area contributed by atoms with Crippen LogP contribution in [0.15, 0.2) is 66.9 Å². The highest BCUT2D eigenvalue weighted by Gasteiger charge is 2.46. The van der Waals surface area contributed by atoms with Crippen molar-refractivity contribution in [1.29, 1.82) is 0 Å². The summed E-state index contributed by atoms with van der Waals surface area (Å²) < 4.78 is 65.6. The maximum absolute atomic E-state index is 12.9. The summed E-state index contributed by atoms with van der Waals surface area (Å²) in [5, 5.41) is 1.12. The molecular formula is C25H24F3N3O2S. The summed E-state index contributed by atoms with van der Waals surface area (Å²) in [7, 11) is -5.52. The first-order chi connectivity index (χ1) is 16.1. The van der Waals surface area contributed by atoms with E-state index in [1.165, 1.54) is 17.8 Å². The molecule has 34 heavy (non-hydrogen) atoms. The molecular weight excluding hydrogens is 463 g/mol. The third-order valence-corrected chi connectivity index (χ3v) is 6.79. The van der Waals surface area contributed by atoms with Gasteiger partial charge in [0.1, 0.15) is 5.65 Å². The molecule has 0 saturated heterocycles. The van der Waals surface area contributed by atoms with Gasteiger partial charge in [0.05, 0.1) is 5.69 Å². The Kier molecular flexibility index (Phi) is 6.40. The van der Waals surface area contributed by atoms with Crippen molar-refractivity contribution in [2.75, 3.05) is 4.72 Å². The standard InChI is InChI=1S/C25H24F3N3O2S/c1-3-6-20-15-22-17(2)13-14-29-24(22)31(20)16-18-9-11-19(12-10-18)21-7-4-5-8-23(21)30-34(32,33)25(26,27)28/h4-5,7-15,30H,3,6,16H2,1-2H3. The van der Waals surface area contributed by atoms with Gasteiger partial charge < -0.3 is 4.57 Å². The number of benzene rings is 2. The first-order valence-corrected chi connectivity index (χ1v) is 12.3. The van der Waals surface area contributed by atoms with Gasteiger partial charge in [-0.3, -0.25) is 4.72 Å². The predicted octanol–water partition coefficient (Wildman–Crippen LogP) is 6.27. The fourth-order valence-electron chi connectivity index (χ4n) is 3.97. The topological polar surface area (TPSA) is 64.0 Å². The maximum Gasteiger partial charge on any atom is 0.516 e. The molecule has 5 nitrogen and oxygen atoms in total. The zero-order chi connectivity index (χ0) is 24.5. The van der Waals surface area contributed by atoms with E-state index in [1.807, 2.05) is 18.2 Å². The molecule has 178 valence electrons. The highest BCUT2D eigenvalue weighted by molar-refractivity contribution is 7.93. The van der Waals surface area contributed by atoms with Crippen LogP contribution in [0, 0.1) is 6.92 Å². The molecule has 0 unspecified atom stereocenters. The number of nitrogens with one attached hydrogen (secondary N) is 1. The molecule has 0 aliphatic carbocycles. The number of sulfonamides is 1. The Balaban J connectivity index is 1.65. The number of alkyl halides is 3. The van der Waals surface area contributed by atoms with Crippen molar-refractivity contribution in [3.63, 3.8) is 0 Å². The Labute approximate surface area is 196 Å². The SMILES string of the molecule is CCCc1cc2c(C)ccnc2n1Cc1ccc(-c2ccccc2NS(=O)(=O)C(F)(F)F)cc1. The normalized spacial score (nSPS) is 12.3. The minimum absolute atomic E-state index is 0.131. The van der Waals surface area contributed by atoms with Gasteiger partial charge in [-0.05, 0) is 48.2 Å². The summed E-state index contributed by atoms with van der Waals surface area (Å²) >= 11 is 0. The summed E-state index contributed by atoms with van der Waals surface area (Å²) in [5.74, 6) is 0. The molecule has 1 N–H and O–H groups in total. The van der Waals surface area contributed by atoms with Crippen molar-refractivity contribution in [1.82, 2.24) is 9.55 Å². The lowest BCUT2D eigenvalue weighted by atomic mass is 10.0. The Hall–Kier alpha value is -3.33. The second-order valence-electron chi connectivity index (χ2n) is 8.13. The van der Waals surface area contributed by atoms with Crippen LogP contribution in [0.2, 0.25) is 0 Å². The lowest BCUT2D eigenvalue weighted by molar-refractivity contribution is -0.0429. The predicted molar refractivity (Wildman–Crippen MR) is 128 cm³/mol. The molecule has 9 heteroatoms. The fourth-order valence-corrected chi connectivity index (χ4v) is 4.55. The zero-order valence-corrected chi connectivity index (χ0v) is 19.5. The molecule has 0 radical (unpaired) electrons. The Morgan fingerprint density at radius 2 is 1.74 bits per heavy atom. The number of aryl methyl sites for hydroxylation is 2. The Morgan fingerprint density at radius 1 is 1.03 bits per heavy atom. The number of nitrogens with zero attached hydrogens (tertiary/aromatic N) is 2. The molecule has 0 amide bonds. The van der Waals surface area contributed by atoms with E-state index in [0.29, 0.717) is 17.7 Å². The molecule has 4 aromatic rings. The van der Waals surface area contributed by atoms with E-state index >= 15 is 0 Å². The molecule has 0 saturated carbocycles. The van der Waals surface area contributed by atoms with Crippen LogP contribution in [0.3, 0.4) is 0 Å². The van der Waals surface area contributed by atoms with Gasteiger partial charge in [0.2, 0.25) is 0 Å². The third kappa shape index (κ3) is 4.65. The van der Waals surface area contributed by atoms with Crippen molar-refractivity contribution in [2.45, 2.75) is 38.7 Å². The molecule has 0 fully saturated rings. The molecule has 0 bridgehead atoms. The second-order valence-corrected chi connectivity index (χ2v) is 9.80. The van der Waals surface area contributed by atoms with Gasteiger partial charge in [-0.2, -0.15) is 21.6 Å². The van der Waals surface area contributed by atoms with Crippen LogP contribution in [0.1, 0.15) is 30.2 Å². The van der Waals surface area contributed by atoms with Gasteiger partial charge in [-0.15, -0.1) is 0 Å². The smallest absolute Gasteiger partial charge is 0.325 e. The fraction of sp³-hybridized carbons (Fsp3) is 0.240. The van der Waals surface area contributed by atoms with Crippen LogP contribution in [0.25, 0.3) is 22.2 Å². The van der Waals surface area contributed by atoms with Crippen LogP contribution >= 0.6 is 0 Å². The molecule has 2 aromatic carbocycles. The van der Waals surface area contributed by atoms with Crippen molar-refractivity contribution < 1.29 is 21.6 Å². The van der Waals surface area contributed by atoms with Crippen LogP contribution in [0.5, 0.6) is 0 Å². The van der Waals surface area contributed by atoms with E-state index in [0.717, 1.165) is 35.0 Å². The monoisotopic (exact) mass is 487 g/mol. The van der Waals surface area contributed by atoms with Crippen LogP contribution < -0.4 is 4.72 Å². The minimum atomic E-state index is -5.52. The third-order valence-electron chi connectivity index (χ3n) is 5.69. The molecule has 0 atom stereocenters. The molecule has 0 spiro atoms. The number of pyridine rings is 1. The highest BCUT2D eigenvalue weighted by atomic mass is 32.2. The highest BCUT2D eigenvalue weighted by Crippen LogP contribution is 2.32. The quantitative estimate of drug-likeness (QED) is 0.334. The van der Waals surface area contributed by atoms with Crippen LogP contribution in [0.4, 0.5) is 18.9 Å². The summed E-state index contributed by atoms with van der Waals surface area (Å²) in [6.07, 6.45) is 3.71. The van der Waals surface area contributed by atoms with Gasteiger partial charge in [0.25, 0.3) is 0 Å².